The van der Waals surface area contributed by atoms with Gasteiger partial charge in [0.25, 0.3) is 0 Å². The highest BCUT2D eigenvalue weighted by Gasteiger charge is 2.32. The van der Waals surface area contributed by atoms with Crippen LogP contribution in [0.5, 0.6) is 0 Å². The van der Waals surface area contributed by atoms with Gasteiger partial charge < -0.3 is 5.32 Å². The van der Waals surface area contributed by atoms with Crippen molar-refractivity contribution in [3.8, 4) is 0 Å². The SMILES string of the molecule is CC(C)NC(=O)Nc1nc2c(s1)CN(S(=O)(=O)c1cc(F)ccc1F)CC2. The molecule has 0 aliphatic carbocycles. The number of amides is 2. The molecule has 0 saturated heterocycles. The molecular weight excluding hydrogens is 398 g/mol. The van der Waals surface area contributed by atoms with Crippen LogP contribution in [0.1, 0.15) is 24.4 Å². The van der Waals surface area contributed by atoms with Gasteiger partial charge in [-0.15, -0.1) is 0 Å². The van der Waals surface area contributed by atoms with E-state index in [0.717, 1.165) is 27.8 Å². The van der Waals surface area contributed by atoms with E-state index in [1.807, 2.05) is 13.8 Å². The maximum absolute atomic E-state index is 13.9. The molecule has 7 nitrogen and oxygen atoms in total. The number of sulfonamides is 1. The molecule has 1 aliphatic rings. The minimum Gasteiger partial charge on any atom is -0.336 e. The number of hydrogen-bond acceptors (Lipinski definition) is 5. The van der Waals surface area contributed by atoms with Gasteiger partial charge >= 0.3 is 6.03 Å². The molecule has 0 unspecified atom stereocenters. The molecule has 1 aromatic heterocycles. The average molecular weight is 416 g/mol. The highest BCUT2D eigenvalue weighted by atomic mass is 32.2. The number of fused-ring (bicyclic) bond motifs is 1. The Morgan fingerprint density at radius 1 is 1.33 bits per heavy atom. The lowest BCUT2D eigenvalue weighted by Gasteiger charge is -2.25. The van der Waals surface area contributed by atoms with E-state index in [2.05, 4.69) is 15.6 Å². The second-order valence-corrected chi connectivity index (χ2v) is 9.30. The molecule has 2 amide bonds. The Kier molecular flexibility index (Phi) is 5.45. The fourth-order valence-electron chi connectivity index (χ4n) is 2.64. The van der Waals surface area contributed by atoms with Crippen LogP contribution in [0.25, 0.3) is 0 Å². The topological polar surface area (TPSA) is 91.4 Å². The van der Waals surface area contributed by atoms with E-state index in [9.17, 15) is 22.0 Å². The van der Waals surface area contributed by atoms with Crippen molar-refractivity contribution in [3.63, 3.8) is 0 Å². The molecule has 11 heteroatoms. The van der Waals surface area contributed by atoms with E-state index >= 15 is 0 Å². The second kappa shape index (κ2) is 7.49. The van der Waals surface area contributed by atoms with Crippen LogP contribution in [-0.4, -0.2) is 36.3 Å². The summed E-state index contributed by atoms with van der Waals surface area (Å²) in [7, 11) is -4.19. The Morgan fingerprint density at radius 2 is 2.07 bits per heavy atom. The molecule has 1 aliphatic heterocycles. The van der Waals surface area contributed by atoms with Gasteiger partial charge in [-0.3, -0.25) is 5.32 Å². The van der Waals surface area contributed by atoms with Crippen LogP contribution in [-0.2, 0) is 23.0 Å². The molecule has 2 N–H and O–H groups in total. The molecular formula is C16H18F2N4O3S2. The number of anilines is 1. The Bertz CT molecular complexity index is 976. The van der Waals surface area contributed by atoms with Gasteiger partial charge in [0.2, 0.25) is 10.0 Å². The van der Waals surface area contributed by atoms with Crippen LogP contribution in [0, 0.1) is 11.6 Å². The minimum atomic E-state index is -4.19. The first-order valence-electron chi connectivity index (χ1n) is 8.18. The maximum Gasteiger partial charge on any atom is 0.321 e. The van der Waals surface area contributed by atoms with Crippen molar-refractivity contribution in [2.24, 2.45) is 0 Å². The van der Waals surface area contributed by atoms with Gasteiger partial charge in [-0.25, -0.2) is 27.0 Å². The van der Waals surface area contributed by atoms with E-state index in [0.29, 0.717) is 28.2 Å². The molecule has 0 bridgehead atoms. The Balaban J connectivity index is 1.80. The lowest BCUT2D eigenvalue weighted by atomic mass is 10.2. The quantitative estimate of drug-likeness (QED) is 0.802. The van der Waals surface area contributed by atoms with Crippen molar-refractivity contribution in [2.75, 3.05) is 11.9 Å². The highest BCUT2D eigenvalue weighted by Crippen LogP contribution is 2.31. The van der Waals surface area contributed by atoms with Gasteiger partial charge in [-0.1, -0.05) is 11.3 Å². The van der Waals surface area contributed by atoms with Crippen molar-refractivity contribution >= 4 is 32.5 Å². The van der Waals surface area contributed by atoms with Gasteiger partial charge in [0.15, 0.2) is 5.13 Å². The number of thiazole rings is 1. The van der Waals surface area contributed by atoms with Gasteiger partial charge in [0.1, 0.15) is 16.5 Å². The molecule has 1 aromatic carbocycles. The van der Waals surface area contributed by atoms with Gasteiger partial charge in [0.05, 0.1) is 12.2 Å². The normalized spacial score (nSPS) is 14.9. The van der Waals surface area contributed by atoms with Crippen LogP contribution in [0.3, 0.4) is 0 Å². The molecule has 27 heavy (non-hydrogen) atoms. The minimum absolute atomic E-state index is 0.0151. The van der Waals surface area contributed by atoms with Crippen LogP contribution in [0.4, 0.5) is 18.7 Å². The smallest absolute Gasteiger partial charge is 0.321 e. The van der Waals surface area contributed by atoms with Crippen LogP contribution in [0.2, 0.25) is 0 Å². The standard InChI is InChI=1S/C16H18F2N4O3S2/c1-9(2)19-15(23)21-16-20-12-5-6-22(8-13(12)26-16)27(24,25)14-7-10(17)3-4-11(14)18/h3-4,7,9H,5-6,8H2,1-2H3,(H2,19,20,21,23). The zero-order valence-corrected chi connectivity index (χ0v) is 16.3. The van der Waals surface area contributed by atoms with E-state index in [4.69, 9.17) is 0 Å². The van der Waals surface area contributed by atoms with Crippen molar-refractivity contribution in [1.82, 2.24) is 14.6 Å². The Morgan fingerprint density at radius 3 is 2.78 bits per heavy atom. The highest BCUT2D eigenvalue weighted by molar-refractivity contribution is 7.89. The third kappa shape index (κ3) is 4.25. The van der Waals surface area contributed by atoms with Crippen molar-refractivity contribution in [1.29, 1.82) is 0 Å². The van der Waals surface area contributed by atoms with Crippen molar-refractivity contribution < 1.29 is 22.0 Å². The fraction of sp³-hybridized carbons (Fsp3) is 0.375. The molecule has 3 rings (SSSR count). The number of nitrogens with zero attached hydrogens (tertiary/aromatic N) is 2. The molecule has 0 saturated carbocycles. The molecule has 146 valence electrons. The number of aromatic nitrogens is 1. The zero-order chi connectivity index (χ0) is 19.8. The summed E-state index contributed by atoms with van der Waals surface area (Å²) < 4.78 is 53.8. The lowest BCUT2D eigenvalue weighted by molar-refractivity contribution is 0.250. The first-order valence-corrected chi connectivity index (χ1v) is 10.4. The summed E-state index contributed by atoms with van der Waals surface area (Å²) in [6, 6.07) is 1.89. The molecule has 0 spiro atoms. The number of benzene rings is 1. The van der Waals surface area contributed by atoms with Crippen LogP contribution < -0.4 is 10.6 Å². The van der Waals surface area contributed by atoms with E-state index < -0.39 is 32.6 Å². The van der Waals surface area contributed by atoms with Gasteiger partial charge in [-0.2, -0.15) is 4.31 Å². The number of halogens is 2. The van der Waals surface area contributed by atoms with Crippen molar-refractivity contribution in [2.45, 2.75) is 37.8 Å². The number of nitrogens with one attached hydrogen (secondary N) is 2. The third-order valence-corrected chi connectivity index (χ3v) is 6.71. The third-order valence-electron chi connectivity index (χ3n) is 3.85. The monoisotopic (exact) mass is 416 g/mol. The van der Waals surface area contributed by atoms with Crippen LogP contribution in [0.15, 0.2) is 23.1 Å². The summed E-state index contributed by atoms with van der Waals surface area (Å²) in [6.07, 6.45) is 0.315. The largest absolute Gasteiger partial charge is 0.336 e. The van der Waals surface area contributed by atoms with Gasteiger partial charge in [-0.05, 0) is 32.0 Å². The summed E-state index contributed by atoms with van der Waals surface area (Å²) in [5.41, 5.74) is 0.686. The van der Waals surface area contributed by atoms with E-state index in [1.165, 1.54) is 0 Å². The van der Waals surface area contributed by atoms with Gasteiger partial charge in [0, 0.05) is 23.9 Å². The lowest BCUT2D eigenvalue weighted by Crippen LogP contribution is -2.36. The molecule has 2 aromatic rings. The number of urea groups is 1. The number of hydrogen-bond donors (Lipinski definition) is 2. The first kappa shape index (κ1) is 19.6. The summed E-state index contributed by atoms with van der Waals surface area (Å²) in [6.45, 7) is 3.72. The Labute approximate surface area is 159 Å². The Hall–Kier alpha value is -2.11. The second-order valence-electron chi connectivity index (χ2n) is 6.31. The predicted molar refractivity (Wildman–Crippen MR) is 97.1 cm³/mol. The fourth-order valence-corrected chi connectivity index (χ4v) is 5.23. The molecule has 0 atom stereocenters. The zero-order valence-electron chi connectivity index (χ0n) is 14.6. The summed E-state index contributed by atoms with van der Waals surface area (Å²) in [5.74, 6) is -1.83. The number of carbonyl (C=O) groups excluding carboxylic acids is 1. The van der Waals surface area contributed by atoms with Crippen molar-refractivity contribution in [3.05, 3.63) is 40.4 Å². The van der Waals surface area contributed by atoms with E-state index in [1.54, 1.807) is 0 Å². The molecule has 0 fully saturated rings. The van der Waals surface area contributed by atoms with Crippen LogP contribution >= 0.6 is 11.3 Å². The maximum atomic E-state index is 13.9. The first-order chi connectivity index (χ1) is 12.7. The number of carbonyl (C=O) groups is 1. The average Bonchev–Trinajstić information content (AvgIpc) is 2.97. The number of rotatable bonds is 4. The summed E-state index contributed by atoms with van der Waals surface area (Å²) in [4.78, 5) is 16.0. The molecule has 0 radical (unpaired) electrons. The molecule has 2 heterocycles. The summed E-state index contributed by atoms with van der Waals surface area (Å²) in [5, 5.41) is 5.64. The van der Waals surface area contributed by atoms with E-state index in [-0.39, 0.29) is 19.1 Å². The summed E-state index contributed by atoms with van der Waals surface area (Å²) >= 11 is 1.16. The predicted octanol–water partition coefficient (Wildman–Crippen LogP) is 2.70.